The second-order valence-corrected chi connectivity index (χ2v) is 6.54. The van der Waals surface area contributed by atoms with Gasteiger partial charge >= 0.3 is 6.18 Å². The lowest BCUT2D eigenvalue weighted by Gasteiger charge is -2.24. The SMILES string of the molecule is CC(N)COC(C)c1cc(C(C)(C)C)cc(C(F)(F)F)c1. The molecular formula is C16H24F3NO. The molecule has 0 aliphatic carbocycles. The Balaban J connectivity index is 3.19. The molecule has 0 bridgehead atoms. The molecule has 2 N–H and O–H groups in total. The minimum absolute atomic E-state index is 0.152. The highest BCUT2D eigenvalue weighted by Gasteiger charge is 2.32. The highest BCUT2D eigenvalue weighted by molar-refractivity contribution is 5.36. The molecule has 0 radical (unpaired) electrons. The van der Waals surface area contributed by atoms with Gasteiger partial charge in [0, 0.05) is 6.04 Å². The lowest BCUT2D eigenvalue weighted by Crippen LogP contribution is -2.23. The number of halogens is 3. The second kappa shape index (κ2) is 6.36. The number of nitrogens with two attached hydrogens (primary N) is 1. The molecule has 0 aliphatic rings. The molecule has 1 aromatic rings. The maximum Gasteiger partial charge on any atom is 0.416 e. The van der Waals surface area contributed by atoms with Crippen molar-refractivity contribution in [2.75, 3.05) is 6.61 Å². The van der Waals surface area contributed by atoms with Crippen LogP contribution in [-0.2, 0) is 16.3 Å². The Morgan fingerprint density at radius 2 is 1.57 bits per heavy atom. The van der Waals surface area contributed by atoms with Crippen LogP contribution in [0.3, 0.4) is 0 Å². The number of rotatable bonds is 4. The molecule has 0 amide bonds. The third-order valence-corrected chi connectivity index (χ3v) is 3.23. The summed E-state index contributed by atoms with van der Waals surface area (Å²) in [5.41, 5.74) is 5.78. The molecule has 2 atom stereocenters. The Morgan fingerprint density at radius 1 is 1.05 bits per heavy atom. The van der Waals surface area contributed by atoms with Crippen molar-refractivity contribution in [3.8, 4) is 0 Å². The van der Waals surface area contributed by atoms with Crippen LogP contribution in [0.4, 0.5) is 13.2 Å². The fraction of sp³-hybridized carbons (Fsp3) is 0.625. The molecule has 0 fully saturated rings. The van der Waals surface area contributed by atoms with Crippen LogP contribution in [0, 0.1) is 0 Å². The van der Waals surface area contributed by atoms with Crippen molar-refractivity contribution < 1.29 is 17.9 Å². The molecule has 2 unspecified atom stereocenters. The zero-order valence-electron chi connectivity index (χ0n) is 13.2. The van der Waals surface area contributed by atoms with Crippen LogP contribution in [0.25, 0.3) is 0 Å². The molecule has 0 spiro atoms. The van der Waals surface area contributed by atoms with E-state index in [2.05, 4.69) is 0 Å². The van der Waals surface area contributed by atoms with Crippen LogP contribution in [0.1, 0.15) is 57.4 Å². The standard InChI is InChI=1S/C16H24F3NO/c1-10(20)9-21-11(2)12-6-13(15(3,4)5)8-14(7-12)16(17,18)19/h6-8,10-11H,9,20H2,1-5H3. The first-order chi connectivity index (χ1) is 9.41. The fourth-order valence-corrected chi connectivity index (χ4v) is 1.88. The molecule has 1 aromatic carbocycles. The molecule has 0 heterocycles. The average molecular weight is 303 g/mol. The summed E-state index contributed by atoms with van der Waals surface area (Å²) in [6, 6.07) is 3.99. The van der Waals surface area contributed by atoms with E-state index in [1.54, 1.807) is 19.9 Å². The number of ether oxygens (including phenoxy) is 1. The van der Waals surface area contributed by atoms with Crippen molar-refractivity contribution in [2.45, 2.75) is 58.4 Å². The summed E-state index contributed by atoms with van der Waals surface area (Å²) in [7, 11) is 0. The Labute approximate surface area is 124 Å². The maximum absolute atomic E-state index is 13.1. The van der Waals surface area contributed by atoms with Gasteiger partial charge in [-0.2, -0.15) is 13.2 Å². The summed E-state index contributed by atoms with van der Waals surface area (Å²) in [6.45, 7) is 9.51. The van der Waals surface area contributed by atoms with Gasteiger partial charge < -0.3 is 10.5 Å². The maximum atomic E-state index is 13.1. The summed E-state index contributed by atoms with van der Waals surface area (Å²) in [4.78, 5) is 0. The summed E-state index contributed by atoms with van der Waals surface area (Å²) >= 11 is 0. The van der Waals surface area contributed by atoms with Gasteiger partial charge in [-0.1, -0.05) is 26.8 Å². The van der Waals surface area contributed by atoms with Crippen molar-refractivity contribution in [3.63, 3.8) is 0 Å². The summed E-state index contributed by atoms with van der Waals surface area (Å²) < 4.78 is 44.7. The van der Waals surface area contributed by atoms with E-state index in [4.69, 9.17) is 10.5 Å². The average Bonchev–Trinajstić information content (AvgIpc) is 2.33. The zero-order chi connectivity index (χ0) is 16.4. The first kappa shape index (κ1) is 18.0. The summed E-state index contributed by atoms with van der Waals surface area (Å²) in [5, 5.41) is 0. The van der Waals surface area contributed by atoms with E-state index < -0.39 is 17.8 Å². The van der Waals surface area contributed by atoms with Gasteiger partial charge in [-0.15, -0.1) is 0 Å². The molecule has 1 rings (SSSR count). The van der Waals surface area contributed by atoms with Crippen LogP contribution < -0.4 is 5.73 Å². The van der Waals surface area contributed by atoms with E-state index in [-0.39, 0.29) is 11.5 Å². The van der Waals surface area contributed by atoms with Gasteiger partial charge in [-0.05, 0) is 42.5 Å². The number of benzene rings is 1. The molecule has 0 saturated carbocycles. The van der Waals surface area contributed by atoms with E-state index in [0.717, 1.165) is 6.07 Å². The van der Waals surface area contributed by atoms with Gasteiger partial charge in [-0.25, -0.2) is 0 Å². The molecule has 0 aromatic heterocycles. The Bertz CT molecular complexity index is 443. The lowest BCUT2D eigenvalue weighted by molar-refractivity contribution is -0.137. The third kappa shape index (κ3) is 5.32. The lowest BCUT2D eigenvalue weighted by atomic mass is 9.84. The van der Waals surface area contributed by atoms with E-state index in [0.29, 0.717) is 17.7 Å². The van der Waals surface area contributed by atoms with Crippen molar-refractivity contribution in [3.05, 3.63) is 34.9 Å². The quantitative estimate of drug-likeness (QED) is 0.893. The van der Waals surface area contributed by atoms with Crippen molar-refractivity contribution in [1.82, 2.24) is 0 Å². The summed E-state index contributed by atoms with van der Waals surface area (Å²) in [5.74, 6) is 0. The predicted molar refractivity (Wildman–Crippen MR) is 78.2 cm³/mol. The molecule has 0 aliphatic heterocycles. The van der Waals surface area contributed by atoms with Gasteiger partial charge in [0.1, 0.15) is 0 Å². The highest BCUT2D eigenvalue weighted by Crippen LogP contribution is 2.35. The molecule has 21 heavy (non-hydrogen) atoms. The Hall–Kier alpha value is -1.07. The Morgan fingerprint density at radius 3 is 2.00 bits per heavy atom. The van der Waals surface area contributed by atoms with E-state index >= 15 is 0 Å². The minimum atomic E-state index is -4.36. The van der Waals surface area contributed by atoms with Crippen molar-refractivity contribution in [2.24, 2.45) is 5.73 Å². The molecule has 2 nitrogen and oxygen atoms in total. The molecule has 0 saturated heterocycles. The first-order valence-electron chi connectivity index (χ1n) is 7.01. The van der Waals surface area contributed by atoms with Gasteiger partial charge in [0.05, 0.1) is 18.3 Å². The fourth-order valence-electron chi connectivity index (χ4n) is 1.88. The number of hydrogen-bond acceptors (Lipinski definition) is 2. The normalized spacial score (nSPS) is 15.9. The van der Waals surface area contributed by atoms with Gasteiger partial charge in [-0.3, -0.25) is 0 Å². The van der Waals surface area contributed by atoms with Gasteiger partial charge in [0.2, 0.25) is 0 Å². The third-order valence-electron chi connectivity index (χ3n) is 3.23. The monoisotopic (exact) mass is 303 g/mol. The first-order valence-corrected chi connectivity index (χ1v) is 7.01. The van der Waals surface area contributed by atoms with E-state index in [9.17, 15) is 13.2 Å². The number of alkyl halides is 3. The topological polar surface area (TPSA) is 35.2 Å². The Kier molecular flexibility index (Phi) is 5.45. The largest absolute Gasteiger partial charge is 0.416 e. The van der Waals surface area contributed by atoms with Crippen LogP contribution in [-0.4, -0.2) is 12.6 Å². The minimum Gasteiger partial charge on any atom is -0.372 e. The van der Waals surface area contributed by atoms with Gasteiger partial charge in [0.25, 0.3) is 0 Å². The molecule has 120 valence electrons. The van der Waals surface area contributed by atoms with Gasteiger partial charge in [0.15, 0.2) is 0 Å². The van der Waals surface area contributed by atoms with E-state index in [1.807, 2.05) is 20.8 Å². The highest BCUT2D eigenvalue weighted by atomic mass is 19.4. The van der Waals surface area contributed by atoms with Crippen LogP contribution in [0.15, 0.2) is 18.2 Å². The van der Waals surface area contributed by atoms with Crippen LogP contribution in [0.2, 0.25) is 0 Å². The molecular weight excluding hydrogens is 279 g/mol. The van der Waals surface area contributed by atoms with E-state index in [1.165, 1.54) is 6.07 Å². The smallest absolute Gasteiger partial charge is 0.372 e. The number of hydrogen-bond donors (Lipinski definition) is 1. The van der Waals surface area contributed by atoms with Crippen LogP contribution >= 0.6 is 0 Å². The predicted octanol–water partition coefficient (Wildman–Crippen LogP) is 4.43. The zero-order valence-corrected chi connectivity index (χ0v) is 13.2. The molecule has 5 heteroatoms. The second-order valence-electron chi connectivity index (χ2n) is 6.54. The van der Waals surface area contributed by atoms with Crippen molar-refractivity contribution >= 4 is 0 Å². The van der Waals surface area contributed by atoms with Crippen molar-refractivity contribution in [1.29, 1.82) is 0 Å². The van der Waals surface area contributed by atoms with Crippen LogP contribution in [0.5, 0.6) is 0 Å². The summed E-state index contributed by atoms with van der Waals surface area (Å²) in [6.07, 6.45) is -4.80.